The van der Waals surface area contributed by atoms with Crippen molar-refractivity contribution in [2.45, 2.75) is 69.9 Å². The zero-order valence-electron chi connectivity index (χ0n) is 15.9. The van der Waals surface area contributed by atoms with Crippen LogP contribution in [0, 0.1) is 23.2 Å². The Morgan fingerprint density at radius 3 is 2.15 bits per heavy atom. The average Bonchev–Trinajstić information content (AvgIpc) is 3.19. The number of rotatable bonds is 3. The molecule has 0 aromatic carbocycles. The average molecular weight is 395 g/mol. The van der Waals surface area contributed by atoms with Crippen molar-refractivity contribution in [2.24, 2.45) is 23.2 Å². The maximum absolute atomic E-state index is 13.6. The quantitative estimate of drug-likeness (QED) is 0.786. The van der Waals surface area contributed by atoms with E-state index in [2.05, 4.69) is 5.32 Å². The number of hydrogen-bond acceptors (Lipinski definition) is 4. The number of carbonyl (C=O) groups excluding carboxylic acids is 2. The van der Waals surface area contributed by atoms with Crippen LogP contribution in [-0.2, 0) is 19.4 Å². The maximum Gasteiger partial charge on any atom is 0.243 e. The minimum atomic E-state index is -3.02. The number of likely N-dealkylation sites (tertiary alicyclic amines) is 1. The molecule has 2 aliphatic heterocycles. The predicted molar refractivity (Wildman–Crippen MR) is 101 cm³/mol. The van der Waals surface area contributed by atoms with Crippen LogP contribution < -0.4 is 5.32 Å². The second-order valence-corrected chi connectivity index (χ2v) is 12.2. The zero-order valence-corrected chi connectivity index (χ0v) is 16.7. The first kappa shape index (κ1) is 18.0. The number of amides is 2. The highest BCUT2D eigenvalue weighted by molar-refractivity contribution is 7.91. The van der Waals surface area contributed by atoms with Crippen LogP contribution in [0.3, 0.4) is 0 Å². The standard InChI is InChI=1S/C20H30N2O4S/c23-18(21-16-3-5-27(25,26)12-16)17-2-1-4-22(17)19(24)20-9-13-6-14(10-20)8-15(7-13)11-20/h13-17H,1-12H2,(H,21,23). The van der Waals surface area contributed by atoms with E-state index in [1.165, 1.54) is 19.3 Å². The minimum absolute atomic E-state index is 0.0361. The normalized spacial score (nSPS) is 44.6. The molecule has 4 bridgehead atoms. The van der Waals surface area contributed by atoms with Gasteiger partial charge in [-0.25, -0.2) is 8.42 Å². The third-order valence-electron chi connectivity index (χ3n) is 7.89. The van der Waals surface area contributed by atoms with Crippen LogP contribution >= 0.6 is 0 Å². The van der Waals surface area contributed by atoms with Gasteiger partial charge in [0.05, 0.1) is 16.9 Å². The topological polar surface area (TPSA) is 83.6 Å². The molecule has 7 heteroatoms. The van der Waals surface area contributed by atoms with Crippen LogP contribution in [-0.4, -0.2) is 55.3 Å². The molecule has 2 heterocycles. The van der Waals surface area contributed by atoms with Gasteiger partial charge in [0.25, 0.3) is 0 Å². The summed E-state index contributed by atoms with van der Waals surface area (Å²) in [6.07, 6.45) is 8.99. The van der Waals surface area contributed by atoms with E-state index in [9.17, 15) is 18.0 Å². The molecule has 4 saturated carbocycles. The molecule has 4 aliphatic carbocycles. The summed E-state index contributed by atoms with van der Waals surface area (Å²) >= 11 is 0. The van der Waals surface area contributed by atoms with Gasteiger partial charge in [-0.3, -0.25) is 9.59 Å². The number of sulfone groups is 1. The van der Waals surface area contributed by atoms with Crippen molar-refractivity contribution >= 4 is 21.7 Å². The SMILES string of the molecule is O=C(NC1CCS(=O)(=O)C1)C1CCCN1C(=O)C12CC3CC(CC(C3)C1)C2. The molecule has 2 saturated heterocycles. The molecule has 6 rings (SSSR count). The van der Waals surface area contributed by atoms with Gasteiger partial charge >= 0.3 is 0 Å². The molecule has 150 valence electrons. The lowest BCUT2D eigenvalue weighted by molar-refractivity contribution is -0.160. The van der Waals surface area contributed by atoms with Gasteiger partial charge < -0.3 is 10.2 Å². The van der Waals surface area contributed by atoms with Crippen LogP contribution in [0.4, 0.5) is 0 Å². The van der Waals surface area contributed by atoms with Crippen LogP contribution in [0.2, 0.25) is 0 Å². The van der Waals surface area contributed by atoms with Crippen molar-refractivity contribution in [2.75, 3.05) is 18.1 Å². The van der Waals surface area contributed by atoms with Gasteiger partial charge in [-0.1, -0.05) is 0 Å². The maximum atomic E-state index is 13.6. The Hall–Kier alpha value is -1.11. The summed E-state index contributed by atoms with van der Waals surface area (Å²) in [4.78, 5) is 28.3. The molecule has 0 radical (unpaired) electrons. The fraction of sp³-hybridized carbons (Fsp3) is 0.900. The summed E-state index contributed by atoms with van der Waals surface area (Å²) in [5.74, 6) is 2.38. The molecule has 0 aromatic heterocycles. The van der Waals surface area contributed by atoms with E-state index in [0.717, 1.165) is 25.7 Å². The lowest BCUT2D eigenvalue weighted by Gasteiger charge is -2.56. The van der Waals surface area contributed by atoms with Crippen LogP contribution in [0.5, 0.6) is 0 Å². The highest BCUT2D eigenvalue weighted by atomic mass is 32.2. The van der Waals surface area contributed by atoms with Gasteiger partial charge in [0, 0.05) is 12.6 Å². The molecule has 27 heavy (non-hydrogen) atoms. The van der Waals surface area contributed by atoms with Crippen molar-refractivity contribution in [3.8, 4) is 0 Å². The van der Waals surface area contributed by atoms with Crippen LogP contribution in [0.1, 0.15) is 57.8 Å². The van der Waals surface area contributed by atoms with Crippen molar-refractivity contribution < 1.29 is 18.0 Å². The monoisotopic (exact) mass is 394 g/mol. The zero-order chi connectivity index (χ0) is 18.8. The molecule has 6 nitrogen and oxygen atoms in total. The number of hydrogen-bond donors (Lipinski definition) is 1. The molecule has 2 atom stereocenters. The fourth-order valence-corrected chi connectivity index (χ4v) is 8.84. The van der Waals surface area contributed by atoms with Crippen LogP contribution in [0.25, 0.3) is 0 Å². The van der Waals surface area contributed by atoms with E-state index in [4.69, 9.17) is 0 Å². The molecule has 0 aromatic rings. The van der Waals surface area contributed by atoms with E-state index >= 15 is 0 Å². The largest absolute Gasteiger partial charge is 0.351 e. The van der Waals surface area contributed by atoms with E-state index in [-0.39, 0.29) is 34.8 Å². The van der Waals surface area contributed by atoms with Gasteiger partial charge in [0.2, 0.25) is 11.8 Å². The summed E-state index contributed by atoms with van der Waals surface area (Å²) in [6.45, 7) is 0.668. The van der Waals surface area contributed by atoms with E-state index < -0.39 is 15.9 Å². The predicted octanol–water partition coefficient (Wildman–Crippen LogP) is 1.50. The van der Waals surface area contributed by atoms with Crippen molar-refractivity contribution in [1.82, 2.24) is 10.2 Å². The summed E-state index contributed by atoms with van der Waals surface area (Å²) in [5.41, 5.74) is -0.214. The fourth-order valence-electron chi connectivity index (χ4n) is 7.17. The second kappa shape index (κ2) is 6.19. The Kier molecular flexibility index (Phi) is 4.12. The summed E-state index contributed by atoms with van der Waals surface area (Å²) in [6, 6.07) is -0.701. The number of nitrogens with zero attached hydrogens (tertiary/aromatic N) is 1. The Morgan fingerprint density at radius 2 is 1.59 bits per heavy atom. The van der Waals surface area contributed by atoms with Gasteiger partial charge in [0.1, 0.15) is 6.04 Å². The Balaban J connectivity index is 1.30. The lowest BCUT2D eigenvalue weighted by Crippen LogP contribution is -2.57. The number of carbonyl (C=O) groups is 2. The molecule has 2 unspecified atom stereocenters. The van der Waals surface area contributed by atoms with E-state index in [0.29, 0.717) is 37.1 Å². The molecular weight excluding hydrogens is 364 g/mol. The van der Waals surface area contributed by atoms with E-state index in [1.807, 2.05) is 4.90 Å². The van der Waals surface area contributed by atoms with Gasteiger partial charge in [0.15, 0.2) is 9.84 Å². The summed E-state index contributed by atoms with van der Waals surface area (Å²) in [5, 5.41) is 2.92. The lowest BCUT2D eigenvalue weighted by atomic mass is 9.49. The molecule has 6 fully saturated rings. The summed E-state index contributed by atoms with van der Waals surface area (Å²) in [7, 11) is -3.02. The Labute approximate surface area is 161 Å². The molecule has 2 amide bonds. The third-order valence-corrected chi connectivity index (χ3v) is 9.65. The van der Waals surface area contributed by atoms with Gasteiger partial charge in [-0.05, 0) is 75.5 Å². The first-order valence-electron chi connectivity index (χ1n) is 10.7. The molecular formula is C20H30N2O4S. The van der Waals surface area contributed by atoms with E-state index in [1.54, 1.807) is 0 Å². The molecule has 6 aliphatic rings. The number of nitrogens with one attached hydrogen (secondary N) is 1. The van der Waals surface area contributed by atoms with Crippen LogP contribution in [0.15, 0.2) is 0 Å². The van der Waals surface area contributed by atoms with Crippen molar-refractivity contribution in [1.29, 1.82) is 0 Å². The molecule has 1 N–H and O–H groups in total. The summed E-state index contributed by atoms with van der Waals surface area (Å²) < 4.78 is 23.3. The minimum Gasteiger partial charge on any atom is -0.351 e. The molecule has 0 spiro atoms. The smallest absolute Gasteiger partial charge is 0.243 e. The Morgan fingerprint density at radius 1 is 0.963 bits per heavy atom. The second-order valence-electron chi connectivity index (χ2n) is 9.96. The van der Waals surface area contributed by atoms with Crippen molar-refractivity contribution in [3.63, 3.8) is 0 Å². The first-order chi connectivity index (χ1) is 12.8. The Bertz CT molecular complexity index is 727. The van der Waals surface area contributed by atoms with Crippen molar-refractivity contribution in [3.05, 3.63) is 0 Å². The highest BCUT2D eigenvalue weighted by Gasteiger charge is 2.56. The third kappa shape index (κ3) is 3.10. The first-order valence-corrected chi connectivity index (χ1v) is 12.5. The highest BCUT2D eigenvalue weighted by Crippen LogP contribution is 2.60. The van der Waals surface area contributed by atoms with Gasteiger partial charge in [-0.2, -0.15) is 0 Å². The van der Waals surface area contributed by atoms with Gasteiger partial charge in [-0.15, -0.1) is 0 Å².